The Balaban J connectivity index is 1.92. The highest BCUT2D eigenvalue weighted by atomic mass is 32.1. The van der Waals surface area contributed by atoms with Crippen molar-refractivity contribution in [2.45, 2.75) is 19.9 Å². The summed E-state index contributed by atoms with van der Waals surface area (Å²) >= 11 is 1.30. The SMILES string of the molecule is CCN1CCc2c(sc(NC(=O)c3c(F)cccc3F)c2C#N)C1. The first-order valence-electron chi connectivity index (χ1n) is 7.57. The fraction of sp³-hybridized carbons (Fsp3) is 0.294. The van der Waals surface area contributed by atoms with Crippen LogP contribution in [0, 0.1) is 23.0 Å². The Morgan fingerprint density at radius 3 is 2.75 bits per heavy atom. The van der Waals surface area contributed by atoms with Crippen LogP contribution in [0.15, 0.2) is 18.2 Å². The van der Waals surface area contributed by atoms with E-state index >= 15 is 0 Å². The molecular weight excluding hydrogens is 332 g/mol. The summed E-state index contributed by atoms with van der Waals surface area (Å²) in [4.78, 5) is 15.5. The van der Waals surface area contributed by atoms with E-state index < -0.39 is 23.1 Å². The minimum Gasteiger partial charge on any atom is -0.312 e. The highest BCUT2D eigenvalue weighted by molar-refractivity contribution is 7.16. The van der Waals surface area contributed by atoms with Gasteiger partial charge in [0.25, 0.3) is 5.91 Å². The van der Waals surface area contributed by atoms with Crippen molar-refractivity contribution in [3.8, 4) is 6.07 Å². The molecule has 0 atom stereocenters. The molecule has 24 heavy (non-hydrogen) atoms. The minimum atomic E-state index is -0.926. The van der Waals surface area contributed by atoms with E-state index in [1.54, 1.807) is 0 Å². The Hall–Kier alpha value is -2.30. The van der Waals surface area contributed by atoms with Crippen LogP contribution in [0.2, 0.25) is 0 Å². The van der Waals surface area contributed by atoms with Crippen LogP contribution in [-0.4, -0.2) is 23.9 Å². The number of hydrogen-bond donors (Lipinski definition) is 1. The Kier molecular flexibility index (Phi) is 4.60. The van der Waals surface area contributed by atoms with Gasteiger partial charge in [-0.3, -0.25) is 9.69 Å². The summed E-state index contributed by atoms with van der Waals surface area (Å²) in [6.07, 6.45) is 0.729. The number of carbonyl (C=O) groups is 1. The Morgan fingerprint density at radius 1 is 1.42 bits per heavy atom. The molecule has 7 heteroatoms. The van der Waals surface area contributed by atoms with Crippen molar-refractivity contribution in [3.63, 3.8) is 0 Å². The molecule has 1 amide bonds. The largest absolute Gasteiger partial charge is 0.312 e. The van der Waals surface area contributed by atoms with Crippen molar-refractivity contribution in [2.75, 3.05) is 18.4 Å². The van der Waals surface area contributed by atoms with E-state index in [2.05, 4.69) is 23.2 Å². The molecule has 0 spiro atoms. The molecule has 1 aromatic heterocycles. The number of carbonyl (C=O) groups excluding carboxylic acids is 1. The maximum absolute atomic E-state index is 13.7. The molecule has 0 bridgehead atoms. The fourth-order valence-corrected chi connectivity index (χ4v) is 4.05. The lowest BCUT2D eigenvalue weighted by molar-refractivity contribution is 0.101. The number of nitrogens with zero attached hydrogens (tertiary/aromatic N) is 2. The second kappa shape index (κ2) is 6.67. The average molecular weight is 347 g/mol. The molecule has 0 unspecified atom stereocenters. The summed E-state index contributed by atoms with van der Waals surface area (Å²) < 4.78 is 27.5. The minimum absolute atomic E-state index is 0.355. The van der Waals surface area contributed by atoms with E-state index in [0.717, 1.165) is 48.6 Å². The quantitative estimate of drug-likeness (QED) is 0.924. The maximum Gasteiger partial charge on any atom is 0.262 e. The zero-order chi connectivity index (χ0) is 17.3. The molecule has 2 heterocycles. The number of halogens is 2. The number of anilines is 1. The molecule has 0 saturated carbocycles. The van der Waals surface area contributed by atoms with Crippen LogP contribution >= 0.6 is 11.3 Å². The van der Waals surface area contributed by atoms with E-state index in [1.807, 2.05) is 0 Å². The van der Waals surface area contributed by atoms with E-state index in [9.17, 15) is 18.8 Å². The van der Waals surface area contributed by atoms with Crippen molar-refractivity contribution in [3.05, 3.63) is 51.4 Å². The van der Waals surface area contributed by atoms with Gasteiger partial charge in [-0.15, -0.1) is 11.3 Å². The molecular formula is C17H15F2N3OS. The van der Waals surface area contributed by atoms with E-state index in [-0.39, 0.29) is 0 Å². The second-order valence-electron chi connectivity index (χ2n) is 5.49. The highest BCUT2D eigenvalue weighted by Gasteiger charge is 2.26. The normalized spacial score (nSPS) is 14.1. The summed E-state index contributed by atoms with van der Waals surface area (Å²) in [5, 5.41) is 12.3. The molecule has 2 aromatic rings. The van der Waals surface area contributed by atoms with Crippen molar-refractivity contribution in [1.82, 2.24) is 4.90 Å². The number of nitriles is 1. The van der Waals surface area contributed by atoms with Crippen LogP contribution in [0.25, 0.3) is 0 Å². The number of hydrogen-bond acceptors (Lipinski definition) is 4. The van der Waals surface area contributed by atoms with Gasteiger partial charge in [0, 0.05) is 18.0 Å². The van der Waals surface area contributed by atoms with Crippen LogP contribution in [-0.2, 0) is 13.0 Å². The van der Waals surface area contributed by atoms with E-state index in [1.165, 1.54) is 17.4 Å². The molecule has 0 radical (unpaired) electrons. The van der Waals surface area contributed by atoms with Gasteiger partial charge in [-0.05, 0) is 30.7 Å². The second-order valence-corrected chi connectivity index (χ2v) is 6.59. The fourth-order valence-electron chi connectivity index (χ4n) is 2.81. The smallest absolute Gasteiger partial charge is 0.262 e. The summed E-state index contributed by atoms with van der Waals surface area (Å²) in [7, 11) is 0. The predicted octanol–water partition coefficient (Wildman–Crippen LogP) is 3.53. The van der Waals surface area contributed by atoms with Gasteiger partial charge in [-0.1, -0.05) is 13.0 Å². The van der Waals surface area contributed by atoms with Gasteiger partial charge < -0.3 is 5.32 Å². The van der Waals surface area contributed by atoms with Crippen LogP contribution in [0.5, 0.6) is 0 Å². The van der Waals surface area contributed by atoms with Gasteiger partial charge in [0.05, 0.1) is 5.56 Å². The molecule has 0 saturated heterocycles. The Labute approximate surface area is 142 Å². The molecule has 1 aliphatic heterocycles. The third kappa shape index (κ3) is 2.90. The number of benzene rings is 1. The molecule has 0 aliphatic carbocycles. The lowest BCUT2D eigenvalue weighted by atomic mass is 10.0. The van der Waals surface area contributed by atoms with Gasteiger partial charge in [-0.25, -0.2) is 8.78 Å². The van der Waals surface area contributed by atoms with Crippen molar-refractivity contribution in [1.29, 1.82) is 5.26 Å². The highest BCUT2D eigenvalue weighted by Crippen LogP contribution is 2.36. The summed E-state index contributed by atoms with van der Waals surface area (Å²) in [6.45, 7) is 4.54. The molecule has 4 nitrogen and oxygen atoms in total. The first-order valence-corrected chi connectivity index (χ1v) is 8.39. The van der Waals surface area contributed by atoms with Gasteiger partial charge >= 0.3 is 0 Å². The molecule has 0 fully saturated rings. The summed E-state index contributed by atoms with van der Waals surface area (Å²) in [6, 6.07) is 5.37. The predicted molar refractivity (Wildman–Crippen MR) is 88.0 cm³/mol. The number of thiophene rings is 1. The zero-order valence-electron chi connectivity index (χ0n) is 13.0. The summed E-state index contributed by atoms with van der Waals surface area (Å²) in [5.74, 6) is -2.73. The van der Waals surface area contributed by atoms with Crippen molar-refractivity contribution < 1.29 is 13.6 Å². The Morgan fingerprint density at radius 2 is 2.12 bits per heavy atom. The van der Waals surface area contributed by atoms with Gasteiger partial charge in [0.1, 0.15) is 28.3 Å². The molecule has 3 rings (SSSR count). The van der Waals surface area contributed by atoms with E-state index in [4.69, 9.17) is 0 Å². The van der Waals surface area contributed by atoms with E-state index in [0.29, 0.717) is 10.6 Å². The zero-order valence-corrected chi connectivity index (χ0v) is 13.8. The monoisotopic (exact) mass is 347 g/mol. The third-order valence-corrected chi connectivity index (χ3v) is 5.24. The lowest BCUT2D eigenvalue weighted by Crippen LogP contribution is -2.29. The van der Waals surface area contributed by atoms with Crippen LogP contribution < -0.4 is 5.32 Å². The molecule has 1 aromatic carbocycles. The van der Waals surface area contributed by atoms with Gasteiger partial charge in [-0.2, -0.15) is 5.26 Å². The Bertz CT molecular complexity index is 821. The molecule has 1 aliphatic rings. The molecule has 1 N–H and O–H groups in total. The van der Waals surface area contributed by atoms with Gasteiger partial charge in [0.15, 0.2) is 0 Å². The first kappa shape index (κ1) is 16.6. The number of rotatable bonds is 3. The maximum atomic E-state index is 13.7. The molecule has 124 valence electrons. The van der Waals surface area contributed by atoms with Crippen LogP contribution in [0.1, 0.15) is 33.3 Å². The van der Waals surface area contributed by atoms with Crippen LogP contribution in [0.3, 0.4) is 0 Å². The standard InChI is InChI=1S/C17H15F2N3OS/c1-2-22-7-6-10-11(8-20)17(24-14(10)9-22)21-16(23)15-12(18)4-3-5-13(15)19/h3-5H,2,6-7,9H2,1H3,(H,21,23). The summed E-state index contributed by atoms with van der Waals surface area (Å²) in [5.41, 5.74) is 0.690. The van der Waals surface area contributed by atoms with Crippen molar-refractivity contribution in [2.24, 2.45) is 0 Å². The van der Waals surface area contributed by atoms with Gasteiger partial charge in [0.2, 0.25) is 0 Å². The number of amides is 1. The lowest BCUT2D eigenvalue weighted by Gasteiger charge is -2.24. The number of fused-ring (bicyclic) bond motifs is 1. The third-order valence-electron chi connectivity index (χ3n) is 4.11. The topological polar surface area (TPSA) is 56.1 Å². The van der Waals surface area contributed by atoms with Crippen LogP contribution in [0.4, 0.5) is 13.8 Å². The number of likely N-dealkylation sites (N-methyl/N-ethyl adjacent to an activating group) is 1. The number of nitrogens with one attached hydrogen (secondary N) is 1. The first-order chi connectivity index (χ1) is 11.5. The average Bonchev–Trinajstić information content (AvgIpc) is 2.90. The van der Waals surface area contributed by atoms with Crippen molar-refractivity contribution >= 4 is 22.2 Å².